The van der Waals surface area contributed by atoms with Crippen LogP contribution in [0.2, 0.25) is 0 Å². The molecule has 2 aromatic rings. The van der Waals surface area contributed by atoms with Crippen LogP contribution in [0.4, 0.5) is 11.4 Å². The molecule has 1 aliphatic heterocycles. The fourth-order valence-corrected chi connectivity index (χ4v) is 3.32. The third-order valence-electron chi connectivity index (χ3n) is 4.63. The van der Waals surface area contributed by atoms with Gasteiger partial charge in [0.05, 0.1) is 11.1 Å². The molecule has 1 unspecified atom stereocenters. The van der Waals surface area contributed by atoms with Gasteiger partial charge < -0.3 is 15.5 Å². The molecule has 7 heteroatoms. The first kappa shape index (κ1) is 19.5. The zero-order chi connectivity index (χ0) is 20.1. The third-order valence-corrected chi connectivity index (χ3v) is 4.63. The van der Waals surface area contributed by atoms with Crippen molar-refractivity contribution in [2.75, 3.05) is 23.7 Å². The molecule has 0 bridgehead atoms. The number of pyridine rings is 1. The number of aromatic nitrogens is 1. The van der Waals surface area contributed by atoms with E-state index in [9.17, 15) is 14.4 Å². The van der Waals surface area contributed by atoms with Crippen molar-refractivity contribution in [3.63, 3.8) is 0 Å². The van der Waals surface area contributed by atoms with Gasteiger partial charge in [0.25, 0.3) is 11.8 Å². The lowest BCUT2D eigenvalue weighted by Gasteiger charge is -2.30. The molecule has 1 aromatic carbocycles. The van der Waals surface area contributed by atoms with Gasteiger partial charge in [-0.1, -0.05) is 13.0 Å². The summed E-state index contributed by atoms with van der Waals surface area (Å²) in [6.07, 6.45) is 5.05. The molecule has 2 N–H and O–H groups in total. The second-order valence-electron chi connectivity index (χ2n) is 7.18. The van der Waals surface area contributed by atoms with E-state index in [-0.39, 0.29) is 17.7 Å². The van der Waals surface area contributed by atoms with Gasteiger partial charge >= 0.3 is 0 Å². The number of carbonyl (C=O) groups is 3. The Morgan fingerprint density at radius 1 is 1.07 bits per heavy atom. The molecule has 1 aromatic heterocycles. The highest BCUT2D eigenvalue weighted by Gasteiger charge is 2.23. The van der Waals surface area contributed by atoms with Crippen LogP contribution in [0.25, 0.3) is 0 Å². The highest BCUT2D eigenvalue weighted by molar-refractivity contribution is 6.06. The number of hydrogen-bond donors (Lipinski definition) is 2. The molecule has 3 rings (SSSR count). The molecule has 0 saturated carbocycles. The summed E-state index contributed by atoms with van der Waals surface area (Å²) in [4.78, 5) is 42.4. The van der Waals surface area contributed by atoms with Gasteiger partial charge in [-0.05, 0) is 43.0 Å². The maximum Gasteiger partial charge on any atom is 0.257 e. The van der Waals surface area contributed by atoms with Gasteiger partial charge in [0, 0.05) is 43.8 Å². The van der Waals surface area contributed by atoms with Gasteiger partial charge in [-0.15, -0.1) is 0 Å². The standard InChI is InChI=1S/C21H24N4O3/c1-14-5-4-8-25(13-14)21(28)17-9-16(11-22-12-17)20(27)24-19-7-3-6-18(10-19)23-15(2)26/h3,6-7,9-12,14H,4-5,8,13H2,1-2H3,(H,23,26)(H,24,27). The first-order valence-corrected chi connectivity index (χ1v) is 9.35. The summed E-state index contributed by atoms with van der Waals surface area (Å²) in [5.41, 5.74) is 1.85. The molecule has 0 spiro atoms. The highest BCUT2D eigenvalue weighted by Crippen LogP contribution is 2.19. The van der Waals surface area contributed by atoms with Gasteiger partial charge in [0.15, 0.2) is 0 Å². The first-order chi connectivity index (χ1) is 13.4. The highest BCUT2D eigenvalue weighted by atomic mass is 16.2. The lowest BCUT2D eigenvalue weighted by molar-refractivity contribution is -0.114. The summed E-state index contributed by atoms with van der Waals surface area (Å²) < 4.78 is 0. The largest absolute Gasteiger partial charge is 0.338 e. The lowest BCUT2D eigenvalue weighted by Crippen LogP contribution is -2.39. The van der Waals surface area contributed by atoms with E-state index in [2.05, 4.69) is 22.5 Å². The summed E-state index contributed by atoms with van der Waals surface area (Å²) in [5, 5.41) is 5.44. The lowest BCUT2D eigenvalue weighted by atomic mass is 9.99. The summed E-state index contributed by atoms with van der Waals surface area (Å²) in [6, 6.07) is 8.42. The van der Waals surface area contributed by atoms with E-state index < -0.39 is 0 Å². The second-order valence-corrected chi connectivity index (χ2v) is 7.18. The van der Waals surface area contributed by atoms with E-state index in [1.165, 1.54) is 19.3 Å². The smallest absolute Gasteiger partial charge is 0.257 e. The van der Waals surface area contributed by atoms with E-state index in [1.54, 1.807) is 30.3 Å². The minimum Gasteiger partial charge on any atom is -0.338 e. The number of amides is 3. The fourth-order valence-electron chi connectivity index (χ4n) is 3.32. The van der Waals surface area contributed by atoms with Crippen LogP contribution in [0.15, 0.2) is 42.7 Å². The second kappa shape index (κ2) is 8.65. The van der Waals surface area contributed by atoms with Crippen molar-refractivity contribution in [2.24, 2.45) is 5.92 Å². The predicted octanol–water partition coefficient (Wildman–Crippen LogP) is 3.16. The first-order valence-electron chi connectivity index (χ1n) is 9.35. The van der Waals surface area contributed by atoms with Crippen LogP contribution >= 0.6 is 0 Å². The Kier molecular flexibility index (Phi) is 6.03. The molecule has 1 fully saturated rings. The molecule has 0 radical (unpaired) electrons. The minimum absolute atomic E-state index is 0.0960. The quantitative estimate of drug-likeness (QED) is 0.852. The van der Waals surface area contributed by atoms with E-state index in [0.717, 1.165) is 25.9 Å². The van der Waals surface area contributed by atoms with Crippen LogP contribution in [0.1, 0.15) is 47.4 Å². The van der Waals surface area contributed by atoms with Crippen LogP contribution in [0.5, 0.6) is 0 Å². The van der Waals surface area contributed by atoms with Crippen molar-refractivity contribution in [1.29, 1.82) is 0 Å². The molecule has 3 amide bonds. The van der Waals surface area contributed by atoms with Crippen molar-refractivity contribution in [1.82, 2.24) is 9.88 Å². The number of nitrogens with one attached hydrogen (secondary N) is 2. The zero-order valence-electron chi connectivity index (χ0n) is 16.1. The third kappa shape index (κ3) is 4.94. The van der Waals surface area contributed by atoms with Crippen LogP contribution in [-0.2, 0) is 4.79 Å². The fraction of sp³-hybridized carbons (Fsp3) is 0.333. The van der Waals surface area contributed by atoms with Gasteiger partial charge in [-0.2, -0.15) is 0 Å². The summed E-state index contributed by atoms with van der Waals surface area (Å²) >= 11 is 0. The Labute approximate surface area is 164 Å². The molecule has 1 atom stereocenters. The van der Waals surface area contributed by atoms with Gasteiger partial charge in [-0.25, -0.2) is 0 Å². The molecule has 0 aliphatic carbocycles. The topological polar surface area (TPSA) is 91.4 Å². The predicted molar refractivity (Wildman–Crippen MR) is 107 cm³/mol. The molecular formula is C21H24N4O3. The van der Waals surface area contributed by atoms with E-state index in [4.69, 9.17) is 0 Å². The average Bonchev–Trinajstić information content (AvgIpc) is 2.67. The maximum absolute atomic E-state index is 12.7. The number of carbonyl (C=O) groups excluding carboxylic acids is 3. The molecular weight excluding hydrogens is 356 g/mol. The van der Waals surface area contributed by atoms with Crippen LogP contribution in [0, 0.1) is 5.92 Å². The van der Waals surface area contributed by atoms with E-state index in [0.29, 0.717) is 28.4 Å². The number of nitrogens with zero attached hydrogens (tertiary/aromatic N) is 2. The maximum atomic E-state index is 12.7. The number of hydrogen-bond acceptors (Lipinski definition) is 4. The van der Waals surface area contributed by atoms with Gasteiger partial charge in [0.1, 0.15) is 0 Å². The Morgan fingerprint density at radius 2 is 1.79 bits per heavy atom. The van der Waals surface area contributed by atoms with Crippen molar-refractivity contribution < 1.29 is 14.4 Å². The van der Waals surface area contributed by atoms with Crippen molar-refractivity contribution in [3.05, 3.63) is 53.9 Å². The average molecular weight is 380 g/mol. The Morgan fingerprint density at radius 3 is 2.50 bits per heavy atom. The molecule has 7 nitrogen and oxygen atoms in total. The SMILES string of the molecule is CC(=O)Nc1cccc(NC(=O)c2cncc(C(=O)N3CCCC(C)C3)c2)c1. The minimum atomic E-state index is -0.367. The number of benzene rings is 1. The van der Waals surface area contributed by atoms with Crippen LogP contribution < -0.4 is 10.6 Å². The summed E-state index contributed by atoms with van der Waals surface area (Å²) in [6.45, 7) is 5.01. The van der Waals surface area contributed by atoms with Gasteiger partial charge in [0.2, 0.25) is 5.91 Å². The van der Waals surface area contributed by atoms with Crippen LogP contribution in [0.3, 0.4) is 0 Å². The number of likely N-dealkylation sites (tertiary alicyclic amines) is 1. The number of piperidine rings is 1. The monoisotopic (exact) mass is 380 g/mol. The van der Waals surface area contributed by atoms with Crippen molar-refractivity contribution in [3.8, 4) is 0 Å². The molecule has 2 heterocycles. The Hall–Kier alpha value is -3.22. The normalized spacial score (nSPS) is 16.4. The summed E-state index contributed by atoms with van der Waals surface area (Å²) in [5.74, 6) is -0.172. The Bertz CT molecular complexity index is 897. The molecule has 28 heavy (non-hydrogen) atoms. The number of anilines is 2. The summed E-state index contributed by atoms with van der Waals surface area (Å²) in [7, 11) is 0. The number of rotatable bonds is 4. The Balaban J connectivity index is 1.72. The van der Waals surface area contributed by atoms with E-state index in [1.807, 2.05) is 4.90 Å². The molecule has 1 aliphatic rings. The molecule has 1 saturated heterocycles. The van der Waals surface area contributed by atoms with Gasteiger partial charge in [-0.3, -0.25) is 19.4 Å². The van der Waals surface area contributed by atoms with Crippen LogP contribution in [-0.4, -0.2) is 40.7 Å². The zero-order valence-corrected chi connectivity index (χ0v) is 16.1. The van der Waals surface area contributed by atoms with Crippen molar-refractivity contribution in [2.45, 2.75) is 26.7 Å². The van der Waals surface area contributed by atoms with Crippen molar-refractivity contribution >= 4 is 29.1 Å². The molecule has 146 valence electrons. The van der Waals surface area contributed by atoms with E-state index >= 15 is 0 Å².